The first-order chi connectivity index (χ1) is 7.20. The zero-order valence-corrected chi connectivity index (χ0v) is 9.32. The maximum atomic E-state index is 11.5. The summed E-state index contributed by atoms with van der Waals surface area (Å²) in [7, 11) is 1.44. The number of ether oxygens (including phenoxy) is 1. The molecular weight excluding hydrogens is 192 g/mol. The Balaban J connectivity index is 1.87. The van der Waals surface area contributed by atoms with Gasteiger partial charge in [0.2, 0.25) is 0 Å². The van der Waals surface area contributed by atoms with Gasteiger partial charge in [0.25, 0.3) is 0 Å². The van der Waals surface area contributed by atoms with Crippen LogP contribution in [0, 0.1) is 11.8 Å². The van der Waals surface area contributed by atoms with Crippen LogP contribution in [0.2, 0.25) is 0 Å². The van der Waals surface area contributed by atoms with E-state index >= 15 is 0 Å². The Labute approximate surface area is 90.8 Å². The number of nitrogens with zero attached hydrogens (tertiary/aromatic N) is 1. The van der Waals surface area contributed by atoms with Crippen molar-refractivity contribution in [2.45, 2.75) is 25.3 Å². The Morgan fingerprint density at radius 3 is 2.80 bits per heavy atom. The molecule has 1 heterocycles. The number of rotatable bonds is 3. The minimum Gasteiger partial charge on any atom is -0.469 e. The molecule has 2 aliphatic rings. The summed E-state index contributed by atoms with van der Waals surface area (Å²) in [4.78, 5) is 13.9. The van der Waals surface area contributed by atoms with Gasteiger partial charge in [0.1, 0.15) is 0 Å². The average molecular weight is 212 g/mol. The topological polar surface area (TPSA) is 55.6 Å². The number of carbonyl (C=O) groups is 1. The fourth-order valence-electron chi connectivity index (χ4n) is 2.27. The Morgan fingerprint density at radius 2 is 2.20 bits per heavy atom. The van der Waals surface area contributed by atoms with E-state index in [2.05, 4.69) is 4.90 Å². The van der Waals surface area contributed by atoms with Gasteiger partial charge in [-0.25, -0.2) is 0 Å². The number of hydrogen-bond donors (Lipinski definition) is 1. The van der Waals surface area contributed by atoms with E-state index in [1.807, 2.05) is 0 Å². The number of methoxy groups -OCH3 is 1. The molecule has 0 amide bonds. The lowest BCUT2D eigenvalue weighted by Crippen LogP contribution is -2.50. The van der Waals surface area contributed by atoms with E-state index in [1.165, 1.54) is 20.0 Å². The van der Waals surface area contributed by atoms with Gasteiger partial charge >= 0.3 is 5.97 Å². The van der Waals surface area contributed by atoms with Gasteiger partial charge in [-0.15, -0.1) is 0 Å². The molecule has 15 heavy (non-hydrogen) atoms. The molecule has 0 radical (unpaired) electrons. The Morgan fingerprint density at radius 1 is 1.47 bits per heavy atom. The van der Waals surface area contributed by atoms with Crippen LogP contribution in [-0.2, 0) is 9.53 Å². The van der Waals surface area contributed by atoms with Crippen molar-refractivity contribution in [3.05, 3.63) is 0 Å². The van der Waals surface area contributed by atoms with Crippen molar-refractivity contribution in [1.82, 2.24) is 4.90 Å². The SMILES string of the molecule is COC(=O)[C@@H]1CN(CC2CC2)CC[C@H]1N. The van der Waals surface area contributed by atoms with Gasteiger partial charge in [0.05, 0.1) is 13.0 Å². The molecule has 0 aromatic rings. The van der Waals surface area contributed by atoms with E-state index in [0.717, 1.165) is 32.0 Å². The van der Waals surface area contributed by atoms with E-state index in [-0.39, 0.29) is 17.9 Å². The van der Waals surface area contributed by atoms with Crippen LogP contribution >= 0.6 is 0 Å². The summed E-state index contributed by atoms with van der Waals surface area (Å²) in [6.45, 7) is 2.95. The van der Waals surface area contributed by atoms with Gasteiger partial charge in [-0.3, -0.25) is 4.79 Å². The highest BCUT2D eigenvalue weighted by molar-refractivity contribution is 5.73. The molecule has 0 bridgehead atoms. The van der Waals surface area contributed by atoms with Crippen molar-refractivity contribution in [3.8, 4) is 0 Å². The quantitative estimate of drug-likeness (QED) is 0.680. The third kappa shape index (κ3) is 2.69. The van der Waals surface area contributed by atoms with Gasteiger partial charge in [-0.2, -0.15) is 0 Å². The van der Waals surface area contributed by atoms with Crippen LogP contribution in [0.5, 0.6) is 0 Å². The van der Waals surface area contributed by atoms with Gasteiger partial charge in [0, 0.05) is 19.1 Å². The van der Waals surface area contributed by atoms with Gasteiger partial charge < -0.3 is 15.4 Å². The van der Waals surface area contributed by atoms with Crippen molar-refractivity contribution >= 4 is 5.97 Å². The first-order valence-corrected chi connectivity index (χ1v) is 5.76. The second-order valence-corrected chi connectivity index (χ2v) is 4.79. The smallest absolute Gasteiger partial charge is 0.311 e. The Kier molecular flexibility index (Phi) is 3.26. The lowest BCUT2D eigenvalue weighted by Gasteiger charge is -2.35. The number of nitrogens with two attached hydrogens (primary N) is 1. The molecule has 4 heteroatoms. The lowest BCUT2D eigenvalue weighted by atomic mass is 9.93. The maximum Gasteiger partial charge on any atom is 0.311 e. The molecule has 86 valence electrons. The van der Waals surface area contributed by atoms with E-state index in [9.17, 15) is 4.79 Å². The summed E-state index contributed by atoms with van der Waals surface area (Å²) < 4.78 is 4.78. The molecule has 0 spiro atoms. The molecule has 2 fully saturated rings. The van der Waals surface area contributed by atoms with Crippen molar-refractivity contribution < 1.29 is 9.53 Å². The summed E-state index contributed by atoms with van der Waals surface area (Å²) in [6, 6.07) is -0.0205. The first-order valence-electron chi connectivity index (χ1n) is 5.76. The predicted molar refractivity (Wildman–Crippen MR) is 57.3 cm³/mol. The summed E-state index contributed by atoms with van der Waals surface area (Å²) >= 11 is 0. The summed E-state index contributed by atoms with van der Waals surface area (Å²) in [5.74, 6) is 0.600. The summed E-state index contributed by atoms with van der Waals surface area (Å²) in [5, 5.41) is 0. The average Bonchev–Trinajstić information content (AvgIpc) is 3.04. The predicted octanol–water partition coefficient (Wildman–Crippen LogP) is 0.219. The number of likely N-dealkylation sites (tertiary alicyclic amines) is 1. The van der Waals surface area contributed by atoms with Crippen LogP contribution in [0.25, 0.3) is 0 Å². The number of piperidine rings is 1. The number of hydrogen-bond acceptors (Lipinski definition) is 4. The van der Waals surface area contributed by atoms with Crippen molar-refractivity contribution in [2.24, 2.45) is 17.6 Å². The third-order valence-corrected chi connectivity index (χ3v) is 3.47. The number of carbonyl (C=O) groups excluding carboxylic acids is 1. The normalized spacial score (nSPS) is 32.7. The zero-order valence-electron chi connectivity index (χ0n) is 9.32. The van der Waals surface area contributed by atoms with Crippen LogP contribution < -0.4 is 5.73 Å². The molecular formula is C11H20N2O2. The first kappa shape index (κ1) is 10.9. The number of esters is 1. The molecule has 1 aliphatic carbocycles. The largest absolute Gasteiger partial charge is 0.469 e. The molecule has 1 saturated carbocycles. The molecule has 4 nitrogen and oxygen atoms in total. The second-order valence-electron chi connectivity index (χ2n) is 4.79. The molecule has 1 saturated heterocycles. The van der Waals surface area contributed by atoms with Crippen molar-refractivity contribution in [3.63, 3.8) is 0 Å². The van der Waals surface area contributed by atoms with Gasteiger partial charge in [-0.05, 0) is 31.7 Å². The van der Waals surface area contributed by atoms with E-state index in [4.69, 9.17) is 10.5 Å². The standard InChI is InChI=1S/C11H20N2O2/c1-15-11(14)9-7-13(5-4-10(9)12)6-8-2-3-8/h8-10H,2-7,12H2,1H3/t9-,10-/m1/s1. The zero-order chi connectivity index (χ0) is 10.8. The molecule has 0 aromatic heterocycles. The van der Waals surface area contributed by atoms with Gasteiger partial charge in [0.15, 0.2) is 0 Å². The highest BCUT2D eigenvalue weighted by Crippen LogP contribution is 2.31. The minimum atomic E-state index is -0.150. The maximum absolute atomic E-state index is 11.5. The van der Waals surface area contributed by atoms with Crippen LogP contribution in [-0.4, -0.2) is 43.7 Å². The summed E-state index contributed by atoms with van der Waals surface area (Å²) in [6.07, 6.45) is 3.61. The molecule has 0 aromatic carbocycles. The lowest BCUT2D eigenvalue weighted by molar-refractivity contribution is -0.148. The second kappa shape index (κ2) is 4.49. The Bertz CT molecular complexity index is 241. The fraction of sp³-hybridized carbons (Fsp3) is 0.909. The highest BCUT2D eigenvalue weighted by Gasteiger charge is 2.34. The monoisotopic (exact) mass is 212 g/mol. The minimum absolute atomic E-state index is 0.0205. The van der Waals surface area contributed by atoms with Crippen LogP contribution in [0.4, 0.5) is 0 Å². The molecule has 1 aliphatic heterocycles. The summed E-state index contributed by atoms with van der Waals surface area (Å²) in [5.41, 5.74) is 5.94. The van der Waals surface area contributed by atoms with Crippen molar-refractivity contribution in [1.29, 1.82) is 0 Å². The fourth-order valence-corrected chi connectivity index (χ4v) is 2.27. The van der Waals surface area contributed by atoms with Gasteiger partial charge in [-0.1, -0.05) is 0 Å². The molecule has 2 N–H and O–H groups in total. The van der Waals surface area contributed by atoms with Crippen LogP contribution in [0.3, 0.4) is 0 Å². The molecule has 2 rings (SSSR count). The van der Waals surface area contributed by atoms with E-state index in [1.54, 1.807) is 0 Å². The van der Waals surface area contributed by atoms with E-state index in [0.29, 0.717) is 0 Å². The van der Waals surface area contributed by atoms with Crippen LogP contribution in [0.1, 0.15) is 19.3 Å². The molecule has 2 atom stereocenters. The van der Waals surface area contributed by atoms with E-state index < -0.39 is 0 Å². The third-order valence-electron chi connectivity index (χ3n) is 3.47. The van der Waals surface area contributed by atoms with Crippen molar-refractivity contribution in [2.75, 3.05) is 26.7 Å². The highest BCUT2D eigenvalue weighted by atomic mass is 16.5. The van der Waals surface area contributed by atoms with Crippen LogP contribution in [0.15, 0.2) is 0 Å². The Hall–Kier alpha value is -0.610. The molecule has 0 unspecified atom stereocenters.